The maximum atomic E-state index is 11.2. The van der Waals surface area contributed by atoms with Gasteiger partial charge in [0.25, 0.3) is 0 Å². The molecule has 80 valence electrons. The van der Waals surface area contributed by atoms with Crippen LogP contribution in [0.3, 0.4) is 0 Å². The fourth-order valence-corrected chi connectivity index (χ4v) is 2.71. The first kappa shape index (κ1) is 11.5. The highest BCUT2D eigenvalue weighted by molar-refractivity contribution is 7.91. The van der Waals surface area contributed by atoms with E-state index in [-0.39, 0.29) is 0 Å². The molecule has 1 aromatic heterocycles. The molecular weight excluding hydrogens is 222 g/mol. The van der Waals surface area contributed by atoms with E-state index in [0.29, 0.717) is 11.6 Å². The van der Waals surface area contributed by atoms with Crippen LogP contribution in [0.25, 0.3) is 0 Å². The largest absolute Gasteiger partial charge is 0.313 e. The fraction of sp³-hybridized carbons (Fsp3) is 0.714. The molecule has 0 bridgehead atoms. The molecular formula is C7H13N3O2S2. The van der Waals surface area contributed by atoms with Crippen molar-refractivity contribution in [2.24, 2.45) is 0 Å². The van der Waals surface area contributed by atoms with Crippen molar-refractivity contribution in [1.82, 2.24) is 15.5 Å². The van der Waals surface area contributed by atoms with Gasteiger partial charge in [-0.1, -0.05) is 11.3 Å². The van der Waals surface area contributed by atoms with Crippen LogP contribution >= 0.6 is 11.3 Å². The minimum Gasteiger partial charge on any atom is -0.313 e. The lowest BCUT2D eigenvalue weighted by molar-refractivity contribution is 0.591. The molecule has 0 saturated carbocycles. The normalized spacial score (nSPS) is 14.2. The van der Waals surface area contributed by atoms with Gasteiger partial charge < -0.3 is 5.32 Å². The maximum Gasteiger partial charge on any atom is 0.156 e. The van der Waals surface area contributed by atoms with Crippen LogP contribution in [0.2, 0.25) is 0 Å². The van der Waals surface area contributed by atoms with Crippen LogP contribution in [0, 0.1) is 0 Å². The van der Waals surface area contributed by atoms with Crippen molar-refractivity contribution in [1.29, 1.82) is 0 Å². The summed E-state index contributed by atoms with van der Waals surface area (Å²) in [4.78, 5) is 0. The second-order valence-corrected chi connectivity index (χ2v) is 6.50. The van der Waals surface area contributed by atoms with Crippen LogP contribution < -0.4 is 5.32 Å². The summed E-state index contributed by atoms with van der Waals surface area (Å²) >= 11 is 1.33. The maximum absolute atomic E-state index is 11.2. The summed E-state index contributed by atoms with van der Waals surface area (Å²) in [5.74, 6) is 0. The summed E-state index contributed by atoms with van der Waals surface area (Å²) in [7, 11) is -1.26. The van der Waals surface area contributed by atoms with E-state index in [2.05, 4.69) is 15.5 Å². The number of hydrogen-bond acceptors (Lipinski definition) is 6. The summed E-state index contributed by atoms with van der Waals surface area (Å²) in [6.45, 7) is 2.24. The fourth-order valence-electron chi connectivity index (χ4n) is 0.837. The third-order valence-electron chi connectivity index (χ3n) is 1.80. The molecule has 0 aliphatic heterocycles. The predicted octanol–water partition coefficient (Wildman–Crippen LogP) is 0.363. The summed E-state index contributed by atoms with van der Waals surface area (Å²) in [6.07, 6.45) is 1.21. The zero-order valence-corrected chi connectivity index (χ0v) is 9.94. The van der Waals surface area contributed by atoms with Gasteiger partial charge in [0.05, 0.1) is 0 Å². The molecule has 1 rings (SSSR count). The van der Waals surface area contributed by atoms with Crippen LogP contribution in [0.4, 0.5) is 0 Å². The first-order valence-corrected chi connectivity index (χ1v) is 6.88. The average molecular weight is 235 g/mol. The highest BCUT2D eigenvalue weighted by atomic mass is 32.2. The number of aromatic nitrogens is 2. The molecule has 1 atom stereocenters. The molecule has 7 heteroatoms. The van der Waals surface area contributed by atoms with E-state index in [9.17, 15) is 8.42 Å². The van der Waals surface area contributed by atoms with Crippen molar-refractivity contribution in [3.63, 3.8) is 0 Å². The van der Waals surface area contributed by atoms with Gasteiger partial charge in [-0.2, -0.15) is 0 Å². The van der Waals surface area contributed by atoms with Gasteiger partial charge in [-0.3, -0.25) is 0 Å². The first-order valence-electron chi connectivity index (χ1n) is 4.11. The zero-order chi connectivity index (χ0) is 10.8. The molecule has 14 heavy (non-hydrogen) atoms. The molecule has 0 amide bonds. The van der Waals surface area contributed by atoms with Crippen molar-refractivity contribution < 1.29 is 8.42 Å². The van der Waals surface area contributed by atoms with Crippen molar-refractivity contribution in [2.75, 3.05) is 13.3 Å². The second kappa shape index (κ2) is 4.33. The van der Waals surface area contributed by atoms with E-state index < -0.39 is 15.1 Å². The smallest absolute Gasteiger partial charge is 0.156 e. The summed E-state index contributed by atoms with van der Waals surface area (Å²) in [5, 5.41) is 11.5. The molecule has 1 unspecified atom stereocenters. The number of hydrogen-bond donors (Lipinski definition) is 1. The van der Waals surface area contributed by atoms with Crippen LogP contribution in [0.5, 0.6) is 0 Å². The van der Waals surface area contributed by atoms with Crippen molar-refractivity contribution >= 4 is 21.2 Å². The van der Waals surface area contributed by atoms with E-state index >= 15 is 0 Å². The van der Waals surface area contributed by atoms with E-state index in [0.717, 1.165) is 5.01 Å². The highest BCUT2D eigenvalue weighted by Crippen LogP contribution is 2.23. The van der Waals surface area contributed by atoms with E-state index in [1.54, 1.807) is 14.0 Å². The Morgan fingerprint density at radius 2 is 2.14 bits per heavy atom. The Hall–Kier alpha value is -0.530. The molecule has 0 spiro atoms. The molecule has 0 aromatic carbocycles. The van der Waals surface area contributed by atoms with E-state index in [1.165, 1.54) is 17.6 Å². The summed E-state index contributed by atoms with van der Waals surface area (Å²) in [5.41, 5.74) is 0. The lowest BCUT2D eigenvalue weighted by atomic mass is 10.5. The zero-order valence-electron chi connectivity index (χ0n) is 8.31. The second-order valence-electron chi connectivity index (χ2n) is 3.04. The third-order valence-corrected chi connectivity index (χ3v) is 4.56. The van der Waals surface area contributed by atoms with Crippen LogP contribution in [-0.2, 0) is 16.4 Å². The van der Waals surface area contributed by atoms with Gasteiger partial charge in [0, 0.05) is 12.8 Å². The first-order chi connectivity index (χ1) is 6.45. The molecule has 0 aliphatic rings. The van der Waals surface area contributed by atoms with Gasteiger partial charge in [-0.05, 0) is 14.0 Å². The van der Waals surface area contributed by atoms with Crippen LogP contribution in [0.1, 0.15) is 22.2 Å². The monoisotopic (exact) mass is 235 g/mol. The minimum atomic E-state index is -3.07. The average Bonchev–Trinajstić information content (AvgIpc) is 2.50. The van der Waals surface area contributed by atoms with Crippen LogP contribution in [-0.4, -0.2) is 31.9 Å². The van der Waals surface area contributed by atoms with Gasteiger partial charge in [-0.15, -0.1) is 10.2 Å². The number of nitrogens with zero attached hydrogens (tertiary/aromatic N) is 2. The van der Waals surface area contributed by atoms with Gasteiger partial charge >= 0.3 is 0 Å². The summed E-state index contributed by atoms with van der Waals surface area (Å²) in [6, 6.07) is 0. The summed E-state index contributed by atoms with van der Waals surface area (Å²) < 4.78 is 22.4. The SMILES string of the molecule is CNCc1nnc(C(C)S(C)(=O)=O)s1. The quantitative estimate of drug-likeness (QED) is 0.816. The highest BCUT2D eigenvalue weighted by Gasteiger charge is 2.21. The standard InChI is InChI=1S/C7H13N3O2S2/c1-5(14(3,11)12)7-10-9-6(13-7)4-8-2/h5,8H,4H2,1-3H3. The Labute approximate surface area is 87.5 Å². The molecule has 1 aromatic rings. The van der Waals surface area contributed by atoms with E-state index in [4.69, 9.17) is 0 Å². The number of rotatable bonds is 4. The Bertz CT molecular complexity index is 399. The lowest BCUT2D eigenvalue weighted by Crippen LogP contribution is -2.07. The topological polar surface area (TPSA) is 72.0 Å². The van der Waals surface area contributed by atoms with Gasteiger partial charge in [0.1, 0.15) is 15.3 Å². The van der Waals surface area contributed by atoms with Gasteiger partial charge in [0.15, 0.2) is 9.84 Å². The molecule has 0 saturated heterocycles. The molecule has 5 nitrogen and oxygen atoms in total. The van der Waals surface area contributed by atoms with Crippen molar-refractivity contribution in [2.45, 2.75) is 18.7 Å². The Morgan fingerprint density at radius 1 is 1.50 bits per heavy atom. The van der Waals surface area contributed by atoms with Crippen molar-refractivity contribution in [3.05, 3.63) is 10.0 Å². The van der Waals surface area contributed by atoms with Gasteiger partial charge in [0.2, 0.25) is 0 Å². The minimum absolute atomic E-state index is 0.553. The number of nitrogens with one attached hydrogen (secondary N) is 1. The Morgan fingerprint density at radius 3 is 2.64 bits per heavy atom. The molecule has 0 aliphatic carbocycles. The van der Waals surface area contributed by atoms with Gasteiger partial charge in [-0.25, -0.2) is 8.42 Å². The Balaban J connectivity index is 2.87. The molecule has 1 heterocycles. The van der Waals surface area contributed by atoms with Crippen LogP contribution in [0.15, 0.2) is 0 Å². The van der Waals surface area contributed by atoms with Crippen molar-refractivity contribution in [3.8, 4) is 0 Å². The molecule has 1 N–H and O–H groups in total. The van der Waals surface area contributed by atoms with E-state index in [1.807, 2.05) is 0 Å². The third kappa shape index (κ3) is 2.73. The molecule has 0 fully saturated rings. The predicted molar refractivity (Wildman–Crippen MR) is 55.9 cm³/mol. The number of sulfone groups is 1. The molecule has 0 radical (unpaired) electrons. The lowest BCUT2D eigenvalue weighted by Gasteiger charge is -2.02. The Kier molecular flexibility index (Phi) is 3.57.